The van der Waals surface area contributed by atoms with Crippen LogP contribution in [0.4, 0.5) is 11.6 Å². The maximum Gasteiger partial charge on any atom is 0.264 e. The molecule has 1 aromatic heterocycles. The number of hydrogen-bond donors (Lipinski definition) is 2. The molecule has 0 saturated heterocycles. The highest BCUT2D eigenvalue weighted by molar-refractivity contribution is 7.92. The van der Waals surface area contributed by atoms with Crippen molar-refractivity contribution in [1.82, 2.24) is 9.97 Å². The van der Waals surface area contributed by atoms with Crippen LogP contribution >= 0.6 is 0 Å². The minimum atomic E-state index is -3.79. The molecule has 0 unspecified atom stereocenters. The minimum absolute atomic E-state index is 0.0195. The molecule has 0 saturated carbocycles. The van der Waals surface area contributed by atoms with Gasteiger partial charge in [-0.05, 0) is 50.1 Å². The number of nitrogens with zero attached hydrogens (tertiary/aromatic N) is 2. The smallest absolute Gasteiger partial charge is 0.264 e. The molecule has 0 spiro atoms. The maximum absolute atomic E-state index is 12.4. The van der Waals surface area contributed by atoms with Gasteiger partial charge in [-0.3, -0.25) is 4.79 Å². The molecule has 8 heteroatoms. The van der Waals surface area contributed by atoms with Gasteiger partial charge in [0.25, 0.3) is 10.0 Å². The van der Waals surface area contributed by atoms with Crippen molar-refractivity contribution in [3.63, 3.8) is 0 Å². The Morgan fingerprint density at radius 2 is 1.76 bits per heavy atom. The van der Waals surface area contributed by atoms with E-state index in [0.29, 0.717) is 11.4 Å². The molecule has 1 heterocycles. The molecule has 0 radical (unpaired) electrons. The van der Waals surface area contributed by atoms with Crippen molar-refractivity contribution >= 4 is 27.6 Å². The number of hydrogen-bond acceptors (Lipinski definition) is 5. The van der Waals surface area contributed by atoms with Crippen LogP contribution in [0.15, 0.2) is 41.4 Å². The second-order valence-electron chi connectivity index (χ2n) is 5.65. The van der Waals surface area contributed by atoms with Crippen molar-refractivity contribution in [2.24, 2.45) is 5.92 Å². The maximum atomic E-state index is 12.4. The van der Waals surface area contributed by atoms with Gasteiger partial charge in [0.1, 0.15) is 0 Å². The van der Waals surface area contributed by atoms with Gasteiger partial charge in [0.05, 0.1) is 4.90 Å². The lowest BCUT2D eigenvalue weighted by molar-refractivity contribution is -0.120. The molecule has 0 aliphatic rings. The highest BCUT2D eigenvalue weighted by Gasteiger charge is 2.17. The molecule has 0 bridgehead atoms. The van der Waals surface area contributed by atoms with Crippen molar-refractivity contribution in [1.29, 1.82) is 0 Å². The Labute approximate surface area is 148 Å². The summed E-state index contributed by atoms with van der Waals surface area (Å²) >= 11 is 0. The molecular weight excluding hydrogens is 340 g/mol. The number of carbonyl (C=O) groups is 1. The van der Waals surface area contributed by atoms with Crippen LogP contribution in [0.3, 0.4) is 0 Å². The van der Waals surface area contributed by atoms with Gasteiger partial charge in [0.15, 0.2) is 0 Å². The minimum Gasteiger partial charge on any atom is -0.326 e. The molecule has 1 aromatic carbocycles. The Bertz CT molecular complexity index is 831. The van der Waals surface area contributed by atoms with E-state index in [4.69, 9.17) is 0 Å². The Hall–Kier alpha value is -2.48. The predicted octanol–water partition coefficient (Wildman–Crippen LogP) is 2.96. The second-order valence-corrected chi connectivity index (χ2v) is 7.34. The van der Waals surface area contributed by atoms with Crippen molar-refractivity contribution in [2.75, 3.05) is 10.0 Å². The Morgan fingerprint density at radius 3 is 2.32 bits per heavy atom. The van der Waals surface area contributed by atoms with Crippen molar-refractivity contribution in [3.8, 4) is 0 Å². The van der Waals surface area contributed by atoms with Crippen molar-refractivity contribution in [3.05, 3.63) is 42.2 Å². The van der Waals surface area contributed by atoms with E-state index in [9.17, 15) is 13.2 Å². The summed E-state index contributed by atoms with van der Waals surface area (Å²) in [6.45, 7) is 5.67. The van der Waals surface area contributed by atoms with E-state index < -0.39 is 10.0 Å². The van der Waals surface area contributed by atoms with E-state index in [-0.39, 0.29) is 22.7 Å². The number of sulfonamides is 1. The fourth-order valence-electron chi connectivity index (χ4n) is 2.30. The average Bonchev–Trinajstić information content (AvgIpc) is 2.56. The second kappa shape index (κ2) is 8.06. The highest BCUT2D eigenvalue weighted by atomic mass is 32.2. The van der Waals surface area contributed by atoms with Crippen LogP contribution in [-0.4, -0.2) is 24.3 Å². The topological polar surface area (TPSA) is 101 Å². The number of rotatable bonds is 7. The zero-order chi connectivity index (χ0) is 18.4. The monoisotopic (exact) mass is 362 g/mol. The van der Waals surface area contributed by atoms with E-state index in [1.165, 1.54) is 18.3 Å². The van der Waals surface area contributed by atoms with E-state index in [2.05, 4.69) is 20.0 Å². The van der Waals surface area contributed by atoms with Gasteiger partial charge in [-0.2, -0.15) is 0 Å². The standard InChI is InChI=1S/C17H22N4O3S/c1-4-13(5-2)16(22)20-14-6-8-15(9-7-14)25(23,24)21-17-18-11-10-12(3)19-17/h6-11,13H,4-5H2,1-3H3,(H,20,22)(H,18,19,21). The van der Waals surface area contributed by atoms with Crippen molar-refractivity contribution < 1.29 is 13.2 Å². The highest BCUT2D eigenvalue weighted by Crippen LogP contribution is 2.18. The van der Waals surface area contributed by atoms with E-state index >= 15 is 0 Å². The molecule has 0 aliphatic carbocycles. The van der Waals surface area contributed by atoms with Crippen LogP contribution < -0.4 is 10.0 Å². The predicted molar refractivity (Wildman–Crippen MR) is 96.7 cm³/mol. The van der Waals surface area contributed by atoms with Gasteiger partial charge in [-0.25, -0.2) is 23.1 Å². The lowest BCUT2D eigenvalue weighted by Gasteiger charge is -2.13. The van der Waals surface area contributed by atoms with E-state index in [1.54, 1.807) is 25.1 Å². The number of anilines is 2. The summed E-state index contributed by atoms with van der Waals surface area (Å²) in [6, 6.07) is 7.66. The number of benzene rings is 1. The summed E-state index contributed by atoms with van der Waals surface area (Å²) in [4.78, 5) is 20.0. The van der Waals surface area contributed by atoms with Crippen LogP contribution in [0, 0.1) is 12.8 Å². The molecule has 0 fully saturated rings. The number of aromatic nitrogens is 2. The van der Waals surface area contributed by atoms with E-state index in [0.717, 1.165) is 12.8 Å². The first kappa shape index (κ1) is 18.9. The van der Waals surface area contributed by atoms with Crippen LogP contribution in [0.25, 0.3) is 0 Å². The van der Waals surface area contributed by atoms with Crippen LogP contribution in [0.2, 0.25) is 0 Å². The number of carbonyl (C=O) groups excluding carboxylic acids is 1. The fourth-order valence-corrected chi connectivity index (χ4v) is 3.25. The third kappa shape index (κ3) is 4.99. The summed E-state index contributed by atoms with van der Waals surface area (Å²) in [5.74, 6) is -0.0958. The number of nitrogens with one attached hydrogen (secondary N) is 2. The lowest BCUT2D eigenvalue weighted by Crippen LogP contribution is -2.21. The third-order valence-electron chi connectivity index (χ3n) is 3.81. The first-order valence-corrected chi connectivity index (χ1v) is 9.57. The molecule has 25 heavy (non-hydrogen) atoms. The number of amides is 1. The Balaban J connectivity index is 2.11. The molecule has 2 rings (SSSR count). The van der Waals surface area contributed by atoms with Gasteiger partial charge in [-0.1, -0.05) is 13.8 Å². The molecule has 0 aliphatic heterocycles. The van der Waals surface area contributed by atoms with Gasteiger partial charge < -0.3 is 5.32 Å². The molecule has 0 atom stereocenters. The molecule has 7 nitrogen and oxygen atoms in total. The largest absolute Gasteiger partial charge is 0.326 e. The Morgan fingerprint density at radius 1 is 1.12 bits per heavy atom. The molecule has 2 aromatic rings. The number of aryl methyl sites for hydroxylation is 1. The summed E-state index contributed by atoms with van der Waals surface area (Å²) in [7, 11) is -3.79. The quantitative estimate of drug-likeness (QED) is 0.788. The molecule has 2 N–H and O–H groups in total. The molecular formula is C17H22N4O3S. The zero-order valence-corrected chi connectivity index (χ0v) is 15.3. The zero-order valence-electron chi connectivity index (χ0n) is 14.5. The summed E-state index contributed by atoms with van der Waals surface area (Å²) in [6.07, 6.45) is 3.00. The van der Waals surface area contributed by atoms with E-state index in [1.807, 2.05) is 13.8 Å². The van der Waals surface area contributed by atoms with Gasteiger partial charge in [-0.15, -0.1) is 0 Å². The Kier molecular flexibility index (Phi) is 6.08. The van der Waals surface area contributed by atoms with Crippen LogP contribution in [-0.2, 0) is 14.8 Å². The van der Waals surface area contributed by atoms with Gasteiger partial charge in [0.2, 0.25) is 11.9 Å². The van der Waals surface area contributed by atoms with Gasteiger partial charge in [0, 0.05) is 23.5 Å². The first-order valence-electron chi connectivity index (χ1n) is 8.09. The lowest BCUT2D eigenvalue weighted by atomic mass is 10.0. The fraction of sp³-hybridized carbons (Fsp3) is 0.353. The summed E-state index contributed by atoms with van der Waals surface area (Å²) in [5.41, 5.74) is 1.22. The molecule has 1 amide bonds. The normalized spacial score (nSPS) is 11.4. The van der Waals surface area contributed by atoms with Crippen LogP contribution in [0.5, 0.6) is 0 Å². The van der Waals surface area contributed by atoms with Gasteiger partial charge >= 0.3 is 0 Å². The average molecular weight is 362 g/mol. The SMILES string of the molecule is CCC(CC)C(=O)Nc1ccc(S(=O)(=O)Nc2nccc(C)n2)cc1. The third-order valence-corrected chi connectivity index (χ3v) is 5.15. The summed E-state index contributed by atoms with van der Waals surface area (Å²) < 4.78 is 27.1. The van der Waals surface area contributed by atoms with Crippen LogP contribution in [0.1, 0.15) is 32.4 Å². The molecule has 134 valence electrons. The summed E-state index contributed by atoms with van der Waals surface area (Å²) in [5, 5.41) is 2.80. The first-order chi connectivity index (χ1) is 11.9. The van der Waals surface area contributed by atoms with Crippen molar-refractivity contribution in [2.45, 2.75) is 38.5 Å².